The van der Waals surface area contributed by atoms with Crippen molar-refractivity contribution in [3.8, 4) is 0 Å². The minimum absolute atomic E-state index is 0.723. The Morgan fingerprint density at radius 3 is 2.79 bits per heavy atom. The molecule has 3 heteroatoms. The van der Waals surface area contributed by atoms with Crippen molar-refractivity contribution in [1.82, 2.24) is 10.2 Å². The van der Waals surface area contributed by atoms with Crippen LogP contribution in [0.5, 0.6) is 0 Å². The molecule has 1 rings (SSSR count). The van der Waals surface area contributed by atoms with Crippen molar-refractivity contribution in [3.63, 3.8) is 0 Å². The van der Waals surface area contributed by atoms with E-state index in [9.17, 15) is 0 Å². The lowest BCUT2D eigenvalue weighted by molar-refractivity contribution is 0.172. The lowest BCUT2D eigenvalue weighted by atomic mass is 10.0. The predicted molar refractivity (Wildman–Crippen MR) is 66.1 cm³/mol. The summed E-state index contributed by atoms with van der Waals surface area (Å²) >= 11 is 2.10. The number of hydrogen-bond donors (Lipinski definition) is 1. The predicted octanol–water partition coefficient (Wildman–Crippen LogP) is 1.67. The zero-order valence-corrected chi connectivity index (χ0v) is 10.6. The molecule has 2 unspecified atom stereocenters. The summed E-state index contributed by atoms with van der Waals surface area (Å²) in [5.41, 5.74) is 0. The highest BCUT2D eigenvalue weighted by atomic mass is 32.2. The van der Waals surface area contributed by atoms with Crippen molar-refractivity contribution in [2.75, 3.05) is 38.2 Å². The van der Waals surface area contributed by atoms with Gasteiger partial charge in [0.25, 0.3) is 0 Å². The maximum atomic E-state index is 3.27. The van der Waals surface area contributed by atoms with E-state index in [1.54, 1.807) is 0 Å². The van der Waals surface area contributed by atoms with Crippen molar-refractivity contribution >= 4 is 11.8 Å². The zero-order chi connectivity index (χ0) is 10.4. The normalized spacial score (nSPS) is 24.2. The molecule has 1 N–H and O–H groups in total. The SMILES string of the molecule is CNCC(C)C(C)N1CCCSCC1. The van der Waals surface area contributed by atoms with Gasteiger partial charge in [-0.1, -0.05) is 6.92 Å². The van der Waals surface area contributed by atoms with E-state index >= 15 is 0 Å². The fraction of sp³-hybridized carbons (Fsp3) is 1.00. The topological polar surface area (TPSA) is 15.3 Å². The Bertz CT molecular complexity index is 144. The maximum Gasteiger partial charge on any atom is 0.0105 e. The average molecular weight is 216 g/mol. The van der Waals surface area contributed by atoms with E-state index in [0.717, 1.165) is 18.5 Å². The van der Waals surface area contributed by atoms with Crippen molar-refractivity contribution in [2.24, 2.45) is 5.92 Å². The average Bonchev–Trinajstić information content (AvgIpc) is 2.45. The van der Waals surface area contributed by atoms with Crippen LogP contribution in [0, 0.1) is 5.92 Å². The van der Waals surface area contributed by atoms with Gasteiger partial charge in [0, 0.05) is 18.3 Å². The third-order valence-electron chi connectivity index (χ3n) is 3.18. The molecule has 0 radical (unpaired) electrons. The summed E-state index contributed by atoms with van der Waals surface area (Å²) < 4.78 is 0. The molecule has 1 heterocycles. The van der Waals surface area contributed by atoms with Gasteiger partial charge in [-0.05, 0) is 45.2 Å². The van der Waals surface area contributed by atoms with Crippen LogP contribution in [0.2, 0.25) is 0 Å². The number of hydrogen-bond acceptors (Lipinski definition) is 3. The van der Waals surface area contributed by atoms with Gasteiger partial charge in [-0.3, -0.25) is 4.90 Å². The van der Waals surface area contributed by atoms with E-state index in [0.29, 0.717) is 0 Å². The van der Waals surface area contributed by atoms with Gasteiger partial charge in [-0.15, -0.1) is 0 Å². The Morgan fingerprint density at radius 2 is 2.07 bits per heavy atom. The Hall–Kier alpha value is 0.270. The van der Waals surface area contributed by atoms with Gasteiger partial charge in [0.2, 0.25) is 0 Å². The molecule has 0 saturated carbocycles. The first-order valence-electron chi connectivity index (χ1n) is 5.72. The molecule has 84 valence electrons. The van der Waals surface area contributed by atoms with Gasteiger partial charge in [-0.25, -0.2) is 0 Å². The van der Waals surface area contributed by atoms with Gasteiger partial charge in [0.15, 0.2) is 0 Å². The molecule has 0 aromatic rings. The second-order valence-corrected chi connectivity index (χ2v) is 5.50. The molecule has 0 bridgehead atoms. The van der Waals surface area contributed by atoms with Crippen LogP contribution >= 0.6 is 11.8 Å². The third-order valence-corrected chi connectivity index (χ3v) is 4.23. The van der Waals surface area contributed by atoms with Crippen LogP contribution in [-0.4, -0.2) is 49.1 Å². The molecular weight excluding hydrogens is 192 g/mol. The highest BCUT2D eigenvalue weighted by Gasteiger charge is 2.20. The largest absolute Gasteiger partial charge is 0.319 e. The molecule has 0 spiro atoms. The summed E-state index contributed by atoms with van der Waals surface area (Å²) in [4.78, 5) is 2.65. The molecule has 14 heavy (non-hydrogen) atoms. The summed E-state index contributed by atoms with van der Waals surface area (Å²) in [5.74, 6) is 3.42. The standard InChI is InChI=1S/C11H24N2S/c1-10(9-12-3)11(2)13-5-4-7-14-8-6-13/h10-12H,4-9H2,1-3H3. The highest BCUT2D eigenvalue weighted by Crippen LogP contribution is 2.16. The lowest BCUT2D eigenvalue weighted by Crippen LogP contribution is -2.41. The summed E-state index contributed by atoms with van der Waals surface area (Å²) in [7, 11) is 2.04. The quantitative estimate of drug-likeness (QED) is 0.769. The van der Waals surface area contributed by atoms with Crippen LogP contribution in [0.3, 0.4) is 0 Å². The Balaban J connectivity index is 2.36. The Labute approximate surface area is 92.8 Å². The molecule has 2 atom stereocenters. The van der Waals surface area contributed by atoms with E-state index in [4.69, 9.17) is 0 Å². The maximum absolute atomic E-state index is 3.27. The van der Waals surface area contributed by atoms with Crippen LogP contribution in [0.4, 0.5) is 0 Å². The fourth-order valence-corrected chi connectivity index (χ4v) is 2.93. The number of nitrogens with zero attached hydrogens (tertiary/aromatic N) is 1. The molecule has 1 saturated heterocycles. The van der Waals surface area contributed by atoms with Crippen LogP contribution in [0.1, 0.15) is 20.3 Å². The van der Waals surface area contributed by atoms with Crippen molar-refractivity contribution in [2.45, 2.75) is 26.3 Å². The van der Waals surface area contributed by atoms with Gasteiger partial charge in [0.1, 0.15) is 0 Å². The van der Waals surface area contributed by atoms with Gasteiger partial charge in [-0.2, -0.15) is 11.8 Å². The van der Waals surface area contributed by atoms with Crippen LogP contribution in [-0.2, 0) is 0 Å². The van der Waals surface area contributed by atoms with Crippen molar-refractivity contribution in [1.29, 1.82) is 0 Å². The first kappa shape index (κ1) is 12.3. The first-order valence-corrected chi connectivity index (χ1v) is 6.87. The fourth-order valence-electron chi connectivity index (χ4n) is 2.03. The molecule has 1 fully saturated rings. The molecule has 0 aromatic heterocycles. The van der Waals surface area contributed by atoms with E-state index < -0.39 is 0 Å². The molecule has 1 aliphatic rings. The molecular formula is C11H24N2S. The first-order chi connectivity index (χ1) is 6.75. The van der Waals surface area contributed by atoms with E-state index in [1.165, 1.54) is 31.0 Å². The van der Waals surface area contributed by atoms with E-state index in [-0.39, 0.29) is 0 Å². The molecule has 0 aromatic carbocycles. The zero-order valence-electron chi connectivity index (χ0n) is 9.75. The smallest absolute Gasteiger partial charge is 0.0105 e. The second kappa shape index (κ2) is 6.70. The van der Waals surface area contributed by atoms with Crippen LogP contribution in [0.15, 0.2) is 0 Å². The Kier molecular flexibility index (Phi) is 5.90. The van der Waals surface area contributed by atoms with Crippen LogP contribution < -0.4 is 5.32 Å². The van der Waals surface area contributed by atoms with Crippen molar-refractivity contribution < 1.29 is 0 Å². The monoisotopic (exact) mass is 216 g/mol. The minimum Gasteiger partial charge on any atom is -0.319 e. The molecule has 0 aliphatic carbocycles. The van der Waals surface area contributed by atoms with Gasteiger partial charge in [0.05, 0.1) is 0 Å². The van der Waals surface area contributed by atoms with Crippen molar-refractivity contribution in [3.05, 3.63) is 0 Å². The number of rotatable bonds is 4. The van der Waals surface area contributed by atoms with Gasteiger partial charge < -0.3 is 5.32 Å². The van der Waals surface area contributed by atoms with Crippen LogP contribution in [0.25, 0.3) is 0 Å². The van der Waals surface area contributed by atoms with E-state index in [2.05, 4.69) is 35.8 Å². The summed E-state index contributed by atoms with van der Waals surface area (Å²) in [6, 6.07) is 0.723. The Morgan fingerprint density at radius 1 is 1.29 bits per heavy atom. The molecule has 0 amide bonds. The second-order valence-electron chi connectivity index (χ2n) is 4.28. The van der Waals surface area contributed by atoms with Gasteiger partial charge >= 0.3 is 0 Å². The molecule has 1 aliphatic heterocycles. The lowest BCUT2D eigenvalue weighted by Gasteiger charge is -2.31. The number of thioether (sulfide) groups is 1. The molecule has 2 nitrogen and oxygen atoms in total. The minimum atomic E-state index is 0.723. The summed E-state index contributed by atoms with van der Waals surface area (Å²) in [6.45, 7) is 8.42. The highest BCUT2D eigenvalue weighted by molar-refractivity contribution is 7.99. The number of nitrogens with one attached hydrogen (secondary N) is 1. The third kappa shape index (κ3) is 3.79. The van der Waals surface area contributed by atoms with E-state index in [1.807, 2.05) is 7.05 Å². The summed E-state index contributed by atoms with van der Waals surface area (Å²) in [5, 5.41) is 3.27. The summed E-state index contributed by atoms with van der Waals surface area (Å²) in [6.07, 6.45) is 1.36.